The maximum atomic E-state index is 14.1. The second kappa shape index (κ2) is 12.2. The van der Waals surface area contributed by atoms with Crippen molar-refractivity contribution in [2.45, 2.75) is 32.4 Å². The van der Waals surface area contributed by atoms with Gasteiger partial charge < -0.3 is 15.5 Å². The number of aryl methyl sites for hydroxylation is 1. The summed E-state index contributed by atoms with van der Waals surface area (Å²) in [4.78, 5) is 40.4. The van der Waals surface area contributed by atoms with E-state index in [0.717, 1.165) is 50.3 Å². The van der Waals surface area contributed by atoms with E-state index in [1.54, 1.807) is 40.7 Å². The third kappa shape index (κ3) is 5.96. The maximum absolute atomic E-state index is 14.1. The van der Waals surface area contributed by atoms with Gasteiger partial charge in [-0.25, -0.2) is 15.0 Å². The van der Waals surface area contributed by atoms with Crippen molar-refractivity contribution in [1.82, 2.24) is 34.4 Å². The maximum Gasteiger partial charge on any atom is 0.262 e. The first-order chi connectivity index (χ1) is 21.5. The number of pyridine rings is 2. The van der Waals surface area contributed by atoms with Crippen LogP contribution in [-0.2, 0) is 6.54 Å². The number of benzene rings is 1. The highest BCUT2D eigenvalue weighted by molar-refractivity contribution is 7.15. The fourth-order valence-electron chi connectivity index (χ4n) is 5.56. The minimum absolute atomic E-state index is 0.174. The molecule has 1 atom stereocenters. The fourth-order valence-corrected chi connectivity index (χ4v) is 7.08. The molecule has 222 valence electrons. The van der Waals surface area contributed by atoms with Gasteiger partial charge in [0.05, 0.1) is 17.8 Å². The van der Waals surface area contributed by atoms with Gasteiger partial charge in [0, 0.05) is 70.0 Å². The number of thiazole rings is 2. The van der Waals surface area contributed by atoms with Crippen molar-refractivity contribution < 1.29 is 0 Å². The molecule has 0 bridgehead atoms. The van der Waals surface area contributed by atoms with Crippen LogP contribution >= 0.6 is 22.7 Å². The first-order valence-electron chi connectivity index (χ1n) is 14.5. The van der Waals surface area contributed by atoms with Crippen molar-refractivity contribution in [2.24, 2.45) is 0 Å². The quantitative estimate of drug-likeness (QED) is 0.210. The summed E-state index contributed by atoms with van der Waals surface area (Å²) in [6.07, 6.45) is 9.40. The topological polar surface area (TPSA) is 114 Å². The van der Waals surface area contributed by atoms with E-state index in [9.17, 15) is 4.79 Å². The number of anilines is 3. The van der Waals surface area contributed by atoms with E-state index in [2.05, 4.69) is 49.7 Å². The van der Waals surface area contributed by atoms with E-state index >= 15 is 0 Å². The van der Waals surface area contributed by atoms with Gasteiger partial charge in [0.15, 0.2) is 0 Å². The SMILES string of the molecule is Cc1sc(-c2cccnc2)nc1-c1cc2cnc(Nc3ccc(NC4CCCN(C)C4)cc3)nc2n(Cc2nccs2)c1=O. The smallest absolute Gasteiger partial charge is 0.262 e. The Kier molecular flexibility index (Phi) is 7.86. The minimum atomic E-state index is -0.174. The molecule has 0 spiro atoms. The van der Waals surface area contributed by atoms with Gasteiger partial charge in [-0.2, -0.15) is 4.98 Å². The number of piperidine rings is 1. The Morgan fingerprint density at radius 3 is 2.68 bits per heavy atom. The molecule has 0 radical (unpaired) electrons. The number of fused-ring (bicyclic) bond motifs is 1. The summed E-state index contributed by atoms with van der Waals surface area (Å²) < 4.78 is 1.67. The average molecular weight is 622 g/mol. The molecule has 1 fully saturated rings. The molecule has 12 heteroatoms. The van der Waals surface area contributed by atoms with E-state index in [0.29, 0.717) is 35.4 Å². The Balaban J connectivity index is 1.21. The highest BCUT2D eigenvalue weighted by Crippen LogP contribution is 2.33. The van der Waals surface area contributed by atoms with E-state index < -0.39 is 0 Å². The molecule has 1 saturated heterocycles. The molecule has 1 aliphatic heterocycles. The Morgan fingerprint density at radius 1 is 1.05 bits per heavy atom. The lowest BCUT2D eigenvalue weighted by Gasteiger charge is -2.30. The molecule has 1 unspecified atom stereocenters. The summed E-state index contributed by atoms with van der Waals surface area (Å²) in [7, 11) is 2.17. The zero-order valence-corrected chi connectivity index (χ0v) is 26.0. The van der Waals surface area contributed by atoms with Gasteiger partial charge in [0.2, 0.25) is 5.95 Å². The monoisotopic (exact) mass is 621 g/mol. The second-order valence-corrected chi connectivity index (χ2v) is 13.1. The van der Waals surface area contributed by atoms with Crippen LogP contribution in [0.25, 0.3) is 32.9 Å². The van der Waals surface area contributed by atoms with E-state index in [4.69, 9.17) is 9.97 Å². The summed E-state index contributed by atoms with van der Waals surface area (Å²) in [6.45, 7) is 4.48. The lowest BCUT2D eigenvalue weighted by atomic mass is 10.1. The van der Waals surface area contributed by atoms with Gasteiger partial charge in [-0.3, -0.25) is 14.3 Å². The summed E-state index contributed by atoms with van der Waals surface area (Å²) in [5, 5.41) is 11.2. The van der Waals surface area contributed by atoms with Crippen LogP contribution in [0.15, 0.2) is 77.4 Å². The van der Waals surface area contributed by atoms with E-state index in [1.807, 2.05) is 42.6 Å². The number of likely N-dealkylation sites (N-methyl/N-ethyl adjacent to an activating group) is 1. The first kappa shape index (κ1) is 28.3. The highest BCUT2D eigenvalue weighted by atomic mass is 32.1. The van der Waals surface area contributed by atoms with Crippen LogP contribution < -0.4 is 16.2 Å². The zero-order chi connectivity index (χ0) is 30.0. The molecule has 5 aromatic heterocycles. The van der Waals surface area contributed by atoms with Crippen molar-refractivity contribution in [3.05, 3.63) is 92.9 Å². The molecule has 6 aromatic rings. The molecule has 44 heavy (non-hydrogen) atoms. The number of likely N-dealkylation sites (tertiary alicyclic amines) is 1. The Labute approximate surface area is 262 Å². The first-order valence-corrected chi connectivity index (χ1v) is 16.2. The van der Waals surface area contributed by atoms with Crippen molar-refractivity contribution in [3.63, 3.8) is 0 Å². The average Bonchev–Trinajstić information content (AvgIpc) is 3.70. The van der Waals surface area contributed by atoms with E-state index in [-0.39, 0.29) is 5.56 Å². The van der Waals surface area contributed by atoms with Crippen LogP contribution in [0.1, 0.15) is 22.7 Å². The molecule has 2 N–H and O–H groups in total. The number of nitrogens with zero attached hydrogens (tertiary/aromatic N) is 7. The van der Waals surface area contributed by atoms with Crippen LogP contribution in [-0.4, -0.2) is 60.6 Å². The largest absolute Gasteiger partial charge is 0.381 e. The van der Waals surface area contributed by atoms with Crippen molar-refractivity contribution in [2.75, 3.05) is 30.8 Å². The predicted octanol–water partition coefficient (Wildman–Crippen LogP) is 6.04. The second-order valence-electron chi connectivity index (χ2n) is 11.0. The molecule has 1 aromatic carbocycles. The zero-order valence-electron chi connectivity index (χ0n) is 24.4. The number of nitrogens with one attached hydrogen (secondary N) is 2. The van der Waals surface area contributed by atoms with E-state index in [1.165, 1.54) is 24.2 Å². The van der Waals surface area contributed by atoms with Gasteiger partial charge in [-0.05, 0) is 75.8 Å². The molecule has 6 heterocycles. The van der Waals surface area contributed by atoms with Crippen LogP contribution in [0.5, 0.6) is 0 Å². The fraction of sp³-hybridized carbons (Fsp3) is 0.250. The van der Waals surface area contributed by atoms with Crippen LogP contribution in [0.3, 0.4) is 0 Å². The molecular weight excluding hydrogens is 591 g/mol. The van der Waals surface area contributed by atoms with Crippen LogP contribution in [0.4, 0.5) is 17.3 Å². The van der Waals surface area contributed by atoms with Crippen LogP contribution in [0, 0.1) is 6.92 Å². The third-order valence-electron chi connectivity index (χ3n) is 7.70. The Hall–Kier alpha value is -4.52. The lowest BCUT2D eigenvalue weighted by Crippen LogP contribution is -2.39. The summed E-state index contributed by atoms with van der Waals surface area (Å²) in [5.41, 5.74) is 4.39. The van der Waals surface area contributed by atoms with Gasteiger partial charge in [-0.1, -0.05) is 0 Å². The highest BCUT2D eigenvalue weighted by Gasteiger charge is 2.20. The predicted molar refractivity (Wildman–Crippen MR) is 178 cm³/mol. The molecule has 7 rings (SSSR count). The number of hydrogen-bond acceptors (Lipinski definition) is 11. The van der Waals surface area contributed by atoms with Gasteiger partial charge in [-0.15, -0.1) is 22.7 Å². The van der Waals surface area contributed by atoms with Gasteiger partial charge in [0.1, 0.15) is 15.7 Å². The minimum Gasteiger partial charge on any atom is -0.381 e. The summed E-state index contributed by atoms with van der Waals surface area (Å²) in [6, 6.07) is 14.3. The number of aromatic nitrogens is 6. The number of rotatable bonds is 8. The summed E-state index contributed by atoms with van der Waals surface area (Å²) in [5.74, 6) is 0.413. The van der Waals surface area contributed by atoms with Crippen LogP contribution in [0.2, 0.25) is 0 Å². The molecule has 1 aliphatic rings. The molecule has 0 amide bonds. The normalized spacial score (nSPS) is 15.5. The Bertz CT molecular complexity index is 1950. The standard InChI is InChI=1S/C32H31N9OS2/c1-20-28(38-30(44-20)21-5-3-11-33-16-21)26-15-22-17-35-32(39-29(22)41(31(26)42)19-27-34-12-14-43-27)37-24-9-7-23(8-10-24)36-25-6-4-13-40(2)18-25/h3,5,7-12,14-17,25,36H,4,6,13,18-19H2,1-2H3,(H,35,37,39). The van der Waals surface area contributed by atoms with Crippen molar-refractivity contribution in [1.29, 1.82) is 0 Å². The molecular formula is C32H31N9OS2. The van der Waals surface area contributed by atoms with Gasteiger partial charge in [0.25, 0.3) is 5.56 Å². The van der Waals surface area contributed by atoms with Gasteiger partial charge >= 0.3 is 0 Å². The van der Waals surface area contributed by atoms with Crippen molar-refractivity contribution >= 4 is 51.0 Å². The van der Waals surface area contributed by atoms with Crippen molar-refractivity contribution in [3.8, 4) is 21.8 Å². The number of hydrogen-bond donors (Lipinski definition) is 2. The third-order valence-corrected chi connectivity index (χ3v) is 9.48. The summed E-state index contributed by atoms with van der Waals surface area (Å²) >= 11 is 3.05. The lowest BCUT2D eigenvalue weighted by molar-refractivity contribution is 0.261. The Morgan fingerprint density at radius 2 is 1.91 bits per heavy atom. The molecule has 10 nitrogen and oxygen atoms in total. The molecule has 0 aliphatic carbocycles. The molecule has 0 saturated carbocycles.